The molecule has 1 amide bonds. The summed E-state index contributed by atoms with van der Waals surface area (Å²) in [7, 11) is 0. The van der Waals surface area contributed by atoms with Gasteiger partial charge in [-0.25, -0.2) is 4.98 Å². The number of hydrogen-bond donors (Lipinski definition) is 0. The van der Waals surface area contributed by atoms with Crippen LogP contribution in [0, 0.1) is 11.8 Å². The Kier molecular flexibility index (Phi) is 4.68. The molecule has 1 aliphatic heterocycles. The van der Waals surface area contributed by atoms with E-state index in [1.54, 1.807) is 11.0 Å². The fourth-order valence-electron chi connectivity index (χ4n) is 4.13. The molecule has 1 saturated heterocycles. The maximum atomic E-state index is 12.4. The van der Waals surface area contributed by atoms with E-state index in [1.807, 2.05) is 30.3 Å². The molecule has 0 N–H and O–H groups in total. The van der Waals surface area contributed by atoms with Crippen molar-refractivity contribution in [3.8, 4) is 5.75 Å². The molecule has 0 bridgehead atoms. The van der Waals surface area contributed by atoms with Crippen LogP contribution in [-0.2, 0) is 11.3 Å². The third-order valence-corrected chi connectivity index (χ3v) is 5.35. The summed E-state index contributed by atoms with van der Waals surface area (Å²) in [6.07, 6.45) is 7.03. The molecular weight excluding hydrogens is 316 g/mol. The number of rotatable bonds is 6. The number of para-hydroxylation sites is 1. The van der Waals surface area contributed by atoms with Crippen molar-refractivity contribution in [3.05, 3.63) is 43.0 Å². The molecule has 1 unspecified atom stereocenters. The van der Waals surface area contributed by atoms with Crippen LogP contribution in [0.2, 0.25) is 0 Å². The molecule has 1 aromatic heterocycles. The zero-order valence-electron chi connectivity index (χ0n) is 14.3. The first kappa shape index (κ1) is 16.1. The summed E-state index contributed by atoms with van der Waals surface area (Å²) in [6.45, 7) is 2.53. The molecule has 0 spiro atoms. The largest absolute Gasteiger partial charge is 0.490 e. The Balaban J connectivity index is 1.21. The van der Waals surface area contributed by atoms with Crippen molar-refractivity contribution in [2.75, 3.05) is 13.1 Å². The summed E-state index contributed by atoms with van der Waals surface area (Å²) in [5.74, 6) is 2.41. The van der Waals surface area contributed by atoms with Gasteiger partial charge in [-0.2, -0.15) is 5.10 Å². The molecule has 1 saturated carbocycles. The van der Waals surface area contributed by atoms with Crippen molar-refractivity contribution in [1.29, 1.82) is 0 Å². The Hall–Kier alpha value is -2.37. The van der Waals surface area contributed by atoms with Crippen molar-refractivity contribution in [3.63, 3.8) is 0 Å². The number of fused-ring (bicyclic) bond motifs is 1. The van der Waals surface area contributed by atoms with Crippen LogP contribution < -0.4 is 4.74 Å². The van der Waals surface area contributed by atoms with Gasteiger partial charge >= 0.3 is 0 Å². The minimum atomic E-state index is 0.273. The van der Waals surface area contributed by atoms with Crippen molar-refractivity contribution in [1.82, 2.24) is 19.7 Å². The van der Waals surface area contributed by atoms with Gasteiger partial charge in [-0.05, 0) is 43.2 Å². The first-order valence-electron chi connectivity index (χ1n) is 9.10. The number of benzene rings is 1. The Bertz CT molecular complexity index is 675. The van der Waals surface area contributed by atoms with E-state index in [1.165, 1.54) is 6.33 Å². The quantitative estimate of drug-likeness (QED) is 0.810. The van der Waals surface area contributed by atoms with Gasteiger partial charge in [0.25, 0.3) is 0 Å². The number of carbonyl (C=O) groups is 1. The van der Waals surface area contributed by atoms with E-state index < -0.39 is 0 Å². The number of carbonyl (C=O) groups excluding carboxylic acids is 1. The second-order valence-electron chi connectivity index (χ2n) is 7.11. The number of ether oxygens (including phenoxy) is 1. The second-order valence-corrected chi connectivity index (χ2v) is 7.11. The van der Waals surface area contributed by atoms with Gasteiger partial charge in [-0.3, -0.25) is 9.48 Å². The Morgan fingerprint density at radius 1 is 1.16 bits per heavy atom. The zero-order chi connectivity index (χ0) is 17.1. The SMILES string of the molecule is O=C(CCCn1cncn1)N1C[C@H]2CC(Oc3ccccc3)C[C@H]2C1. The number of likely N-dealkylation sites (tertiary alicyclic amines) is 1. The zero-order valence-corrected chi connectivity index (χ0v) is 14.3. The smallest absolute Gasteiger partial charge is 0.222 e. The lowest BCUT2D eigenvalue weighted by Crippen LogP contribution is -2.30. The van der Waals surface area contributed by atoms with E-state index in [-0.39, 0.29) is 5.91 Å². The van der Waals surface area contributed by atoms with Crippen molar-refractivity contribution >= 4 is 5.91 Å². The fourth-order valence-corrected chi connectivity index (χ4v) is 4.13. The van der Waals surface area contributed by atoms with Crippen molar-refractivity contribution in [2.45, 2.75) is 38.3 Å². The van der Waals surface area contributed by atoms with Gasteiger partial charge in [0, 0.05) is 26.1 Å². The van der Waals surface area contributed by atoms with Crippen LogP contribution in [0.1, 0.15) is 25.7 Å². The Labute approximate surface area is 147 Å². The molecular formula is C19H24N4O2. The van der Waals surface area contributed by atoms with E-state index in [0.717, 1.165) is 44.6 Å². The first-order valence-corrected chi connectivity index (χ1v) is 9.10. The number of nitrogens with zero attached hydrogens (tertiary/aromatic N) is 4. The topological polar surface area (TPSA) is 60.2 Å². The summed E-state index contributed by atoms with van der Waals surface area (Å²) in [5, 5.41) is 4.07. The third-order valence-electron chi connectivity index (χ3n) is 5.35. The van der Waals surface area contributed by atoms with Crippen LogP contribution in [0.5, 0.6) is 5.75 Å². The number of aromatic nitrogens is 3. The predicted molar refractivity (Wildman–Crippen MR) is 92.9 cm³/mol. The van der Waals surface area contributed by atoms with Crippen LogP contribution in [0.3, 0.4) is 0 Å². The minimum Gasteiger partial charge on any atom is -0.490 e. The first-order chi connectivity index (χ1) is 12.3. The van der Waals surface area contributed by atoms with Crippen LogP contribution in [0.4, 0.5) is 0 Å². The summed E-state index contributed by atoms with van der Waals surface area (Å²) >= 11 is 0. The van der Waals surface area contributed by atoms with E-state index in [9.17, 15) is 4.79 Å². The molecule has 0 radical (unpaired) electrons. The molecule has 2 heterocycles. The van der Waals surface area contributed by atoms with Gasteiger partial charge in [-0.15, -0.1) is 0 Å². The molecule has 2 aliphatic rings. The molecule has 6 nitrogen and oxygen atoms in total. The fraction of sp³-hybridized carbons (Fsp3) is 0.526. The van der Waals surface area contributed by atoms with E-state index >= 15 is 0 Å². The van der Waals surface area contributed by atoms with Crippen LogP contribution in [-0.4, -0.2) is 44.8 Å². The van der Waals surface area contributed by atoms with E-state index in [4.69, 9.17) is 4.74 Å². The lowest BCUT2D eigenvalue weighted by molar-refractivity contribution is -0.130. The van der Waals surface area contributed by atoms with Gasteiger partial charge in [0.15, 0.2) is 0 Å². The van der Waals surface area contributed by atoms with E-state index in [2.05, 4.69) is 15.0 Å². The number of aryl methyl sites for hydroxylation is 1. The maximum Gasteiger partial charge on any atom is 0.222 e. The average Bonchev–Trinajstić information content (AvgIpc) is 3.32. The molecule has 1 aliphatic carbocycles. The molecule has 2 fully saturated rings. The minimum absolute atomic E-state index is 0.273. The molecule has 25 heavy (non-hydrogen) atoms. The Morgan fingerprint density at radius 2 is 1.92 bits per heavy atom. The summed E-state index contributed by atoms with van der Waals surface area (Å²) in [4.78, 5) is 18.4. The van der Waals surface area contributed by atoms with Gasteiger partial charge in [0.05, 0.1) is 6.10 Å². The number of amides is 1. The van der Waals surface area contributed by atoms with Gasteiger partial charge in [0.2, 0.25) is 5.91 Å². The summed E-state index contributed by atoms with van der Waals surface area (Å²) < 4.78 is 7.87. The average molecular weight is 340 g/mol. The lowest BCUT2D eigenvalue weighted by Gasteiger charge is -2.20. The molecule has 3 atom stereocenters. The van der Waals surface area contributed by atoms with E-state index in [0.29, 0.717) is 24.4 Å². The van der Waals surface area contributed by atoms with Gasteiger partial charge in [0.1, 0.15) is 18.4 Å². The Morgan fingerprint density at radius 3 is 2.60 bits per heavy atom. The molecule has 2 aromatic rings. The van der Waals surface area contributed by atoms with Crippen LogP contribution >= 0.6 is 0 Å². The molecule has 1 aromatic carbocycles. The van der Waals surface area contributed by atoms with Crippen LogP contribution in [0.15, 0.2) is 43.0 Å². The molecule has 132 valence electrons. The highest BCUT2D eigenvalue weighted by molar-refractivity contribution is 5.76. The highest BCUT2D eigenvalue weighted by Crippen LogP contribution is 2.39. The predicted octanol–water partition coefficient (Wildman–Crippen LogP) is 2.37. The highest BCUT2D eigenvalue weighted by atomic mass is 16.5. The van der Waals surface area contributed by atoms with Gasteiger partial charge < -0.3 is 9.64 Å². The third kappa shape index (κ3) is 3.83. The lowest BCUT2D eigenvalue weighted by atomic mass is 10.0. The normalized spacial score (nSPS) is 25.1. The van der Waals surface area contributed by atoms with Gasteiger partial charge in [-0.1, -0.05) is 18.2 Å². The second kappa shape index (κ2) is 7.25. The highest BCUT2D eigenvalue weighted by Gasteiger charge is 2.43. The van der Waals surface area contributed by atoms with Crippen LogP contribution in [0.25, 0.3) is 0 Å². The molecule has 6 heteroatoms. The standard InChI is InChI=1S/C19H24N4O2/c24-19(7-4-8-23-14-20-13-21-23)22-11-15-9-18(10-16(15)12-22)25-17-5-2-1-3-6-17/h1-3,5-6,13-16,18H,4,7-12H2/t15-,16+,18?. The summed E-state index contributed by atoms with van der Waals surface area (Å²) in [6, 6.07) is 10.0. The monoisotopic (exact) mass is 340 g/mol. The van der Waals surface area contributed by atoms with Crippen molar-refractivity contribution in [2.24, 2.45) is 11.8 Å². The summed E-state index contributed by atoms with van der Waals surface area (Å²) in [5.41, 5.74) is 0. The number of hydrogen-bond acceptors (Lipinski definition) is 4. The molecule has 4 rings (SSSR count). The maximum absolute atomic E-state index is 12.4. The van der Waals surface area contributed by atoms with Crippen molar-refractivity contribution < 1.29 is 9.53 Å².